The fraction of sp³-hybridized carbons (Fsp3) is 0.217. The number of hydrazone groups is 1. The third-order valence-electron chi connectivity index (χ3n) is 4.68. The van der Waals surface area contributed by atoms with Gasteiger partial charge in [0.05, 0.1) is 30.0 Å². The van der Waals surface area contributed by atoms with Crippen LogP contribution < -0.4 is 15.6 Å². The van der Waals surface area contributed by atoms with E-state index in [1.165, 1.54) is 6.20 Å². The Morgan fingerprint density at radius 2 is 1.84 bits per heavy atom. The van der Waals surface area contributed by atoms with E-state index in [0.29, 0.717) is 11.4 Å². The van der Waals surface area contributed by atoms with Crippen molar-refractivity contribution in [2.75, 3.05) is 22.2 Å². The number of hydrogen-bond acceptors (Lipinski definition) is 6. The van der Waals surface area contributed by atoms with Gasteiger partial charge in [-0.15, -0.1) is 0 Å². The molecule has 0 unspecified atom stereocenters. The minimum Gasteiger partial charge on any atom is -0.481 e. The highest BCUT2D eigenvalue weighted by molar-refractivity contribution is 6.32. The van der Waals surface area contributed by atoms with E-state index in [-0.39, 0.29) is 17.9 Å². The zero-order chi connectivity index (χ0) is 23.1. The molecule has 0 aliphatic carbocycles. The second-order valence-electron chi connectivity index (χ2n) is 6.84. The number of hydrogen-bond donors (Lipinski definition) is 3. The lowest BCUT2D eigenvalue weighted by molar-refractivity contribution is -0.135. The second-order valence-corrected chi connectivity index (χ2v) is 6.84. The molecule has 0 spiro atoms. The van der Waals surface area contributed by atoms with E-state index >= 15 is 0 Å². The van der Waals surface area contributed by atoms with E-state index in [0.717, 1.165) is 22.7 Å². The maximum atomic E-state index is 13.0. The summed E-state index contributed by atoms with van der Waals surface area (Å²) in [4.78, 5) is 35.9. The molecule has 1 aliphatic rings. The van der Waals surface area contributed by atoms with Crippen molar-refractivity contribution < 1.29 is 24.2 Å². The zero-order valence-corrected chi connectivity index (χ0v) is 17.8. The average molecular weight is 436 g/mol. The lowest BCUT2D eigenvalue weighted by atomic mass is 10.1. The molecule has 2 aromatic carbocycles. The fourth-order valence-corrected chi connectivity index (χ4v) is 3.14. The number of carbonyl (C=O) groups excluding carboxylic acids is 2. The molecule has 32 heavy (non-hydrogen) atoms. The van der Waals surface area contributed by atoms with Crippen molar-refractivity contribution in [3.8, 4) is 0 Å². The molecule has 3 rings (SSSR count). The second kappa shape index (κ2) is 10.3. The lowest BCUT2D eigenvalue weighted by Crippen LogP contribution is -2.22. The molecule has 0 saturated heterocycles. The number of amides is 2. The van der Waals surface area contributed by atoms with Gasteiger partial charge in [-0.05, 0) is 49.2 Å². The quantitative estimate of drug-likeness (QED) is 0.538. The summed E-state index contributed by atoms with van der Waals surface area (Å²) < 4.78 is 4.83. The molecule has 2 amide bonds. The van der Waals surface area contributed by atoms with Crippen molar-refractivity contribution in [3.63, 3.8) is 0 Å². The van der Waals surface area contributed by atoms with Gasteiger partial charge in [0, 0.05) is 17.6 Å². The van der Waals surface area contributed by atoms with Gasteiger partial charge in [0.2, 0.25) is 0 Å². The van der Waals surface area contributed by atoms with Crippen LogP contribution in [0.3, 0.4) is 0 Å². The van der Waals surface area contributed by atoms with E-state index in [4.69, 9.17) is 4.74 Å². The Hall–Kier alpha value is -4.14. The first kappa shape index (κ1) is 22.5. The van der Waals surface area contributed by atoms with Gasteiger partial charge in [0.1, 0.15) is 0 Å². The smallest absolute Gasteiger partial charge is 0.411 e. The summed E-state index contributed by atoms with van der Waals surface area (Å²) in [7, 11) is 0. The Kier molecular flexibility index (Phi) is 7.22. The van der Waals surface area contributed by atoms with E-state index in [1.807, 2.05) is 31.2 Å². The van der Waals surface area contributed by atoms with Crippen LogP contribution in [0.15, 0.2) is 65.4 Å². The highest BCUT2D eigenvalue weighted by Gasteiger charge is 2.32. The summed E-state index contributed by atoms with van der Waals surface area (Å²) in [6.45, 7) is 3.97. The number of carboxylic acid groups (broad SMARTS) is 1. The first-order chi connectivity index (χ1) is 15.4. The minimum absolute atomic E-state index is 0.151. The number of nitrogens with one attached hydrogen (secondary N) is 2. The van der Waals surface area contributed by atoms with Crippen LogP contribution in [0.5, 0.6) is 0 Å². The van der Waals surface area contributed by atoms with Gasteiger partial charge in [0.15, 0.2) is 0 Å². The molecule has 0 atom stereocenters. The molecule has 1 aliphatic heterocycles. The maximum Gasteiger partial charge on any atom is 0.411 e. The average Bonchev–Trinajstić information content (AvgIpc) is 3.07. The summed E-state index contributed by atoms with van der Waals surface area (Å²) in [6, 6.07) is 14.1. The fourth-order valence-electron chi connectivity index (χ4n) is 3.14. The van der Waals surface area contributed by atoms with Crippen LogP contribution in [0, 0.1) is 0 Å². The van der Waals surface area contributed by atoms with Gasteiger partial charge in [-0.3, -0.25) is 14.9 Å². The van der Waals surface area contributed by atoms with Crippen LogP contribution in [0.25, 0.3) is 0 Å². The Morgan fingerprint density at radius 1 is 1.12 bits per heavy atom. The molecule has 0 aromatic heterocycles. The molecule has 0 saturated carbocycles. The van der Waals surface area contributed by atoms with Crippen LogP contribution in [0.2, 0.25) is 0 Å². The Labute approximate surface area is 185 Å². The normalized spacial score (nSPS) is 14.3. The molecule has 9 heteroatoms. The summed E-state index contributed by atoms with van der Waals surface area (Å²) in [6.07, 6.45) is 1.32. The SMILES string of the molecule is CCOC(=O)Nc1ccc(N2N=C(CC(=O)O)C(=CNc3ccccc3CC)C2=O)cc1. The van der Waals surface area contributed by atoms with Crippen molar-refractivity contribution in [2.45, 2.75) is 26.7 Å². The number of nitrogens with zero attached hydrogens (tertiary/aromatic N) is 2. The van der Waals surface area contributed by atoms with Gasteiger partial charge in [-0.25, -0.2) is 4.79 Å². The Bertz CT molecular complexity index is 1080. The molecule has 2 aromatic rings. The van der Waals surface area contributed by atoms with Gasteiger partial charge in [-0.2, -0.15) is 10.1 Å². The zero-order valence-electron chi connectivity index (χ0n) is 17.8. The van der Waals surface area contributed by atoms with Crippen molar-refractivity contribution in [3.05, 3.63) is 65.9 Å². The predicted molar refractivity (Wildman–Crippen MR) is 122 cm³/mol. The lowest BCUT2D eigenvalue weighted by Gasteiger charge is -2.13. The number of aryl methyl sites for hydroxylation is 1. The van der Waals surface area contributed by atoms with Gasteiger partial charge in [0.25, 0.3) is 5.91 Å². The van der Waals surface area contributed by atoms with Crippen LogP contribution in [0.1, 0.15) is 25.8 Å². The van der Waals surface area contributed by atoms with Crippen LogP contribution >= 0.6 is 0 Å². The molecule has 0 bridgehead atoms. The highest BCUT2D eigenvalue weighted by atomic mass is 16.5. The number of carboxylic acids is 1. The minimum atomic E-state index is -1.09. The molecule has 0 radical (unpaired) electrons. The largest absolute Gasteiger partial charge is 0.481 e. The van der Waals surface area contributed by atoms with Crippen molar-refractivity contribution >= 4 is 40.7 Å². The number of anilines is 3. The van der Waals surface area contributed by atoms with Crippen molar-refractivity contribution in [1.82, 2.24) is 0 Å². The molecule has 9 nitrogen and oxygen atoms in total. The standard InChI is InChI=1S/C23H24N4O5/c1-3-15-7-5-6-8-19(15)24-14-18-20(13-21(28)29)26-27(22(18)30)17-11-9-16(10-12-17)25-23(31)32-4-2/h5-12,14,24H,3-4,13H2,1-2H3,(H,25,31)(H,28,29). The number of benzene rings is 2. The predicted octanol–water partition coefficient (Wildman–Crippen LogP) is 3.99. The third kappa shape index (κ3) is 5.31. The van der Waals surface area contributed by atoms with Gasteiger partial charge >= 0.3 is 12.1 Å². The Morgan fingerprint density at radius 3 is 2.50 bits per heavy atom. The molecular formula is C23H24N4O5. The molecular weight excluding hydrogens is 412 g/mol. The Balaban J connectivity index is 1.84. The maximum absolute atomic E-state index is 13.0. The van der Waals surface area contributed by atoms with Crippen LogP contribution in [0.4, 0.5) is 21.9 Å². The van der Waals surface area contributed by atoms with E-state index in [1.54, 1.807) is 31.2 Å². The number of rotatable bonds is 8. The topological polar surface area (TPSA) is 120 Å². The summed E-state index contributed by atoms with van der Waals surface area (Å²) in [5.41, 5.74) is 3.14. The van der Waals surface area contributed by atoms with Gasteiger partial charge in [-0.1, -0.05) is 25.1 Å². The van der Waals surface area contributed by atoms with Crippen molar-refractivity contribution in [2.24, 2.45) is 5.10 Å². The highest BCUT2D eigenvalue weighted by Crippen LogP contribution is 2.27. The summed E-state index contributed by atoms with van der Waals surface area (Å²) in [5, 5.41) is 20.3. The molecule has 3 N–H and O–H groups in total. The van der Waals surface area contributed by atoms with E-state index in [2.05, 4.69) is 15.7 Å². The summed E-state index contributed by atoms with van der Waals surface area (Å²) >= 11 is 0. The van der Waals surface area contributed by atoms with E-state index in [9.17, 15) is 19.5 Å². The third-order valence-corrected chi connectivity index (χ3v) is 4.68. The number of para-hydroxylation sites is 1. The number of carbonyl (C=O) groups is 3. The number of aliphatic carboxylic acids is 1. The number of ether oxygens (including phenoxy) is 1. The first-order valence-corrected chi connectivity index (χ1v) is 10.2. The molecule has 166 valence electrons. The van der Waals surface area contributed by atoms with Crippen LogP contribution in [-0.4, -0.2) is 35.4 Å². The van der Waals surface area contributed by atoms with Crippen molar-refractivity contribution in [1.29, 1.82) is 0 Å². The monoisotopic (exact) mass is 436 g/mol. The molecule has 1 heterocycles. The van der Waals surface area contributed by atoms with Crippen LogP contribution in [-0.2, 0) is 20.7 Å². The summed E-state index contributed by atoms with van der Waals surface area (Å²) in [5.74, 6) is -1.54. The first-order valence-electron chi connectivity index (χ1n) is 10.2. The van der Waals surface area contributed by atoms with E-state index < -0.39 is 24.4 Å². The molecule has 0 fully saturated rings. The van der Waals surface area contributed by atoms with Gasteiger partial charge < -0.3 is 15.2 Å².